The number of aliphatic hydroxyl groups is 2. The summed E-state index contributed by atoms with van der Waals surface area (Å²) >= 11 is 0. The largest absolute Gasteiger partial charge is 0.508 e. The van der Waals surface area contributed by atoms with Crippen molar-refractivity contribution in [2.75, 3.05) is 6.61 Å². The van der Waals surface area contributed by atoms with Gasteiger partial charge in [0.15, 0.2) is 0 Å². The molecule has 0 spiro atoms. The Hall–Kier alpha value is -2.16. The molecule has 26 heavy (non-hydrogen) atoms. The number of phenols is 1. The molecular formula is C18H20O8. The van der Waals surface area contributed by atoms with E-state index < -0.39 is 47.9 Å². The molecule has 1 aliphatic heterocycles. The minimum absolute atomic E-state index is 0.0374. The Kier molecular flexibility index (Phi) is 3.94. The predicted octanol–water partition coefficient (Wildman–Crippen LogP) is -0.0102. The monoisotopic (exact) mass is 364 g/mol. The van der Waals surface area contributed by atoms with Gasteiger partial charge >= 0.3 is 11.9 Å². The van der Waals surface area contributed by atoms with Gasteiger partial charge in [-0.3, -0.25) is 4.79 Å². The van der Waals surface area contributed by atoms with Gasteiger partial charge in [-0.05, 0) is 30.7 Å². The van der Waals surface area contributed by atoms with Crippen molar-refractivity contribution in [2.24, 2.45) is 11.8 Å². The van der Waals surface area contributed by atoms with Crippen LogP contribution in [0.5, 0.6) is 5.75 Å². The summed E-state index contributed by atoms with van der Waals surface area (Å²) in [4.78, 5) is 23.6. The molecular weight excluding hydrogens is 344 g/mol. The Morgan fingerprint density at radius 1 is 1.27 bits per heavy atom. The Balaban J connectivity index is 1.54. The second kappa shape index (κ2) is 5.94. The molecule has 1 saturated heterocycles. The smallest absolute Gasteiger partial charge is 0.338 e. The molecule has 1 aromatic carbocycles. The maximum Gasteiger partial charge on any atom is 0.338 e. The number of benzene rings is 1. The molecule has 1 heterocycles. The average molecular weight is 364 g/mol. The van der Waals surface area contributed by atoms with E-state index in [0.29, 0.717) is 0 Å². The molecule has 2 aliphatic carbocycles. The molecule has 0 unspecified atom stereocenters. The number of ether oxygens (including phenoxy) is 3. The first kappa shape index (κ1) is 17.3. The first-order valence-corrected chi connectivity index (χ1v) is 8.51. The number of rotatable bonds is 4. The summed E-state index contributed by atoms with van der Waals surface area (Å²) in [5.41, 5.74) is -0.649. The minimum atomic E-state index is -1.03. The summed E-state index contributed by atoms with van der Waals surface area (Å²) in [6, 6.07) is 5.66. The molecule has 3 N–H and O–H groups in total. The van der Waals surface area contributed by atoms with Crippen LogP contribution in [-0.2, 0) is 19.0 Å². The van der Waals surface area contributed by atoms with E-state index in [2.05, 4.69) is 0 Å². The van der Waals surface area contributed by atoms with Gasteiger partial charge in [0.05, 0.1) is 17.8 Å². The molecule has 0 radical (unpaired) electrons. The average Bonchev–Trinajstić information content (AvgIpc) is 3.16. The highest BCUT2D eigenvalue weighted by Gasteiger charge is 2.79. The third kappa shape index (κ3) is 2.56. The number of hydrogen-bond donors (Lipinski definition) is 3. The molecule has 0 amide bonds. The molecule has 8 nitrogen and oxygen atoms in total. The van der Waals surface area contributed by atoms with Crippen molar-refractivity contribution in [1.82, 2.24) is 0 Å². The van der Waals surface area contributed by atoms with E-state index in [-0.39, 0.29) is 30.3 Å². The molecule has 1 aromatic rings. The third-order valence-corrected chi connectivity index (χ3v) is 5.64. The van der Waals surface area contributed by atoms with Crippen LogP contribution in [0.3, 0.4) is 0 Å². The van der Waals surface area contributed by atoms with E-state index in [4.69, 9.17) is 14.2 Å². The molecule has 7 atom stereocenters. The van der Waals surface area contributed by atoms with Crippen molar-refractivity contribution < 1.29 is 39.1 Å². The molecule has 2 saturated carbocycles. The van der Waals surface area contributed by atoms with Gasteiger partial charge in [-0.25, -0.2) is 4.79 Å². The number of fused-ring (bicyclic) bond motifs is 3. The fourth-order valence-electron chi connectivity index (χ4n) is 4.45. The van der Waals surface area contributed by atoms with E-state index in [1.807, 2.05) is 0 Å². The van der Waals surface area contributed by atoms with E-state index in [9.17, 15) is 24.9 Å². The SMILES string of the molecule is CC(=O)OC[C@]12O[C@H]1[C@@H](OC(=O)c1ccc(O)cc1)[C@@H]1C[C@@H](O)[C@@H](O)[C@@H]12. The molecule has 3 fully saturated rings. The maximum absolute atomic E-state index is 12.4. The fourth-order valence-corrected chi connectivity index (χ4v) is 4.45. The molecule has 0 aromatic heterocycles. The van der Waals surface area contributed by atoms with Crippen LogP contribution in [0.25, 0.3) is 0 Å². The van der Waals surface area contributed by atoms with Crippen LogP contribution in [0, 0.1) is 11.8 Å². The molecule has 8 heteroatoms. The zero-order valence-corrected chi connectivity index (χ0v) is 14.1. The topological polar surface area (TPSA) is 126 Å². The van der Waals surface area contributed by atoms with Crippen LogP contribution >= 0.6 is 0 Å². The minimum Gasteiger partial charge on any atom is -0.508 e. The van der Waals surface area contributed by atoms with Gasteiger partial charge in [0.2, 0.25) is 0 Å². The van der Waals surface area contributed by atoms with Gasteiger partial charge in [0, 0.05) is 18.8 Å². The van der Waals surface area contributed by atoms with Gasteiger partial charge in [-0.1, -0.05) is 0 Å². The van der Waals surface area contributed by atoms with Crippen molar-refractivity contribution in [3.05, 3.63) is 29.8 Å². The fraction of sp³-hybridized carbons (Fsp3) is 0.556. The number of aliphatic hydroxyl groups excluding tert-OH is 2. The summed E-state index contributed by atoms with van der Waals surface area (Å²) in [6.07, 6.45) is -2.83. The highest BCUT2D eigenvalue weighted by molar-refractivity contribution is 5.89. The van der Waals surface area contributed by atoms with E-state index in [1.54, 1.807) is 0 Å². The van der Waals surface area contributed by atoms with E-state index in [1.165, 1.54) is 31.2 Å². The first-order chi connectivity index (χ1) is 12.3. The standard InChI is InChI=1S/C18H20O8/c1-8(19)24-7-18-13-11(6-12(21)14(13)22)15(16(18)26-18)25-17(23)9-2-4-10(20)5-3-9/h2-5,11-16,20-22H,6-7H2,1H3/t11-,12-,13-,14-,15+,16+,18-/m1/s1. The normalized spacial score (nSPS) is 39.8. The first-order valence-electron chi connectivity index (χ1n) is 8.51. The summed E-state index contributed by atoms with van der Waals surface area (Å²) in [5, 5.41) is 29.7. The van der Waals surface area contributed by atoms with Crippen molar-refractivity contribution >= 4 is 11.9 Å². The lowest BCUT2D eigenvalue weighted by Gasteiger charge is -2.25. The van der Waals surface area contributed by atoms with Gasteiger partial charge in [0.1, 0.15) is 30.2 Å². The lowest BCUT2D eigenvalue weighted by atomic mass is 9.89. The number of hydrogen-bond acceptors (Lipinski definition) is 8. The van der Waals surface area contributed by atoms with Crippen LogP contribution < -0.4 is 0 Å². The van der Waals surface area contributed by atoms with E-state index in [0.717, 1.165) is 0 Å². The van der Waals surface area contributed by atoms with Crippen LogP contribution in [0.4, 0.5) is 0 Å². The molecule has 4 rings (SSSR count). The summed E-state index contributed by atoms with van der Waals surface area (Å²) < 4.78 is 16.4. The molecule has 3 aliphatic rings. The quantitative estimate of drug-likeness (QED) is 0.503. The van der Waals surface area contributed by atoms with Gasteiger partial charge in [0.25, 0.3) is 0 Å². The van der Waals surface area contributed by atoms with Crippen molar-refractivity contribution in [3.63, 3.8) is 0 Å². The van der Waals surface area contributed by atoms with Crippen molar-refractivity contribution in [2.45, 2.75) is 43.4 Å². The highest BCUT2D eigenvalue weighted by Crippen LogP contribution is 2.63. The zero-order valence-electron chi connectivity index (χ0n) is 14.1. The maximum atomic E-state index is 12.4. The van der Waals surface area contributed by atoms with Crippen LogP contribution in [-0.4, -0.2) is 63.9 Å². The van der Waals surface area contributed by atoms with Crippen LogP contribution in [0.15, 0.2) is 24.3 Å². The Morgan fingerprint density at radius 2 is 1.96 bits per heavy atom. The molecule has 140 valence electrons. The lowest BCUT2D eigenvalue weighted by Crippen LogP contribution is -2.39. The zero-order chi connectivity index (χ0) is 18.6. The van der Waals surface area contributed by atoms with Gasteiger partial charge in [-0.2, -0.15) is 0 Å². The summed E-state index contributed by atoms with van der Waals surface area (Å²) in [5.74, 6) is -1.77. The van der Waals surface area contributed by atoms with Gasteiger partial charge < -0.3 is 29.5 Å². The van der Waals surface area contributed by atoms with Gasteiger partial charge in [-0.15, -0.1) is 0 Å². The number of carbonyl (C=O) groups excluding carboxylic acids is 2. The number of epoxide rings is 1. The van der Waals surface area contributed by atoms with E-state index >= 15 is 0 Å². The number of esters is 2. The number of carbonyl (C=O) groups is 2. The van der Waals surface area contributed by atoms with Crippen LogP contribution in [0.1, 0.15) is 23.7 Å². The van der Waals surface area contributed by atoms with Crippen molar-refractivity contribution in [1.29, 1.82) is 0 Å². The Bertz CT molecular complexity index is 731. The third-order valence-electron chi connectivity index (χ3n) is 5.64. The summed E-state index contributed by atoms with van der Waals surface area (Å²) in [6.45, 7) is 1.23. The number of aromatic hydroxyl groups is 1. The number of phenolic OH excluding ortho intramolecular Hbond substituents is 1. The Morgan fingerprint density at radius 3 is 2.62 bits per heavy atom. The predicted molar refractivity (Wildman–Crippen MR) is 85.2 cm³/mol. The van der Waals surface area contributed by atoms with Crippen molar-refractivity contribution in [3.8, 4) is 5.75 Å². The molecule has 0 bridgehead atoms. The van der Waals surface area contributed by atoms with Crippen LogP contribution in [0.2, 0.25) is 0 Å². The highest BCUT2D eigenvalue weighted by atomic mass is 16.7. The second-order valence-electron chi connectivity index (χ2n) is 7.17. The summed E-state index contributed by atoms with van der Waals surface area (Å²) in [7, 11) is 0. The Labute approximate surface area is 149 Å². The second-order valence-corrected chi connectivity index (χ2v) is 7.17. The lowest BCUT2D eigenvalue weighted by molar-refractivity contribution is -0.144.